The molecule has 3 aromatic rings. The number of hydrogen-bond acceptors (Lipinski definition) is 6. The lowest BCUT2D eigenvalue weighted by atomic mass is 9.74. The van der Waals surface area contributed by atoms with Gasteiger partial charge in [0.25, 0.3) is 0 Å². The zero-order valence-corrected chi connectivity index (χ0v) is 19.4. The van der Waals surface area contributed by atoms with Crippen LogP contribution in [0.25, 0.3) is 11.5 Å². The smallest absolute Gasteiger partial charge is 0.234 e. The molecule has 0 bridgehead atoms. The number of carbonyl (C=O) groups is 1. The van der Waals surface area contributed by atoms with Crippen molar-refractivity contribution in [1.29, 1.82) is 0 Å². The van der Waals surface area contributed by atoms with Crippen LogP contribution in [0.3, 0.4) is 0 Å². The van der Waals surface area contributed by atoms with Crippen molar-refractivity contribution in [2.45, 2.75) is 69.5 Å². The Morgan fingerprint density at radius 2 is 1.97 bits per heavy atom. The van der Waals surface area contributed by atoms with Gasteiger partial charge in [-0.15, -0.1) is 10.2 Å². The second-order valence-electron chi connectivity index (χ2n) is 10.6. The number of aromatic nitrogens is 6. The number of pyridine rings is 1. The van der Waals surface area contributed by atoms with Crippen LogP contribution in [0.1, 0.15) is 69.1 Å². The Morgan fingerprint density at radius 1 is 1.09 bits per heavy atom. The van der Waals surface area contributed by atoms with Gasteiger partial charge < -0.3 is 9.13 Å². The Labute approximate surface area is 198 Å². The van der Waals surface area contributed by atoms with Gasteiger partial charge in [-0.05, 0) is 56.6 Å². The van der Waals surface area contributed by atoms with E-state index in [0.29, 0.717) is 36.4 Å². The summed E-state index contributed by atoms with van der Waals surface area (Å²) in [6, 6.07) is 6.80. The lowest BCUT2D eigenvalue weighted by molar-refractivity contribution is -0.127. The van der Waals surface area contributed by atoms with Crippen LogP contribution in [0.15, 0.2) is 37.1 Å². The highest BCUT2D eigenvalue weighted by atomic mass is 16.2. The summed E-state index contributed by atoms with van der Waals surface area (Å²) in [4.78, 5) is 25.0. The normalized spacial score (nSPS) is 29.3. The van der Waals surface area contributed by atoms with Gasteiger partial charge in [0.05, 0.1) is 24.6 Å². The summed E-state index contributed by atoms with van der Waals surface area (Å²) in [5, 5.41) is 12.1. The summed E-state index contributed by atoms with van der Waals surface area (Å²) in [6.45, 7) is 2.79. The topological polar surface area (TPSA) is 93.8 Å². The van der Waals surface area contributed by atoms with E-state index >= 15 is 0 Å². The van der Waals surface area contributed by atoms with Crippen LogP contribution in [0.4, 0.5) is 5.82 Å². The Balaban J connectivity index is 1.14. The van der Waals surface area contributed by atoms with E-state index in [9.17, 15) is 4.79 Å². The van der Waals surface area contributed by atoms with Crippen molar-refractivity contribution in [3.05, 3.63) is 42.7 Å². The first-order valence-electron chi connectivity index (χ1n) is 12.6. The van der Waals surface area contributed by atoms with Gasteiger partial charge in [0.1, 0.15) is 17.8 Å². The number of amides is 1. The number of nitrogens with zero attached hydrogens (tertiary/aromatic N) is 7. The summed E-state index contributed by atoms with van der Waals surface area (Å²) in [5.41, 5.74) is 1.97. The summed E-state index contributed by atoms with van der Waals surface area (Å²) >= 11 is 0. The van der Waals surface area contributed by atoms with Crippen molar-refractivity contribution in [2.75, 3.05) is 11.6 Å². The third kappa shape index (κ3) is 3.45. The summed E-state index contributed by atoms with van der Waals surface area (Å²) in [5.74, 6) is 2.68. The fraction of sp³-hybridized carbons (Fsp3) is 0.560. The highest BCUT2D eigenvalue weighted by Crippen LogP contribution is 2.43. The first kappa shape index (κ1) is 20.3. The van der Waals surface area contributed by atoms with E-state index in [1.165, 1.54) is 18.5 Å². The second-order valence-corrected chi connectivity index (χ2v) is 10.6. The van der Waals surface area contributed by atoms with Crippen LogP contribution in [0.2, 0.25) is 0 Å². The molecule has 176 valence electrons. The average molecular weight is 459 g/mol. The minimum absolute atomic E-state index is 0.0673. The molecule has 1 amide bonds. The molecule has 3 saturated carbocycles. The van der Waals surface area contributed by atoms with Crippen molar-refractivity contribution in [1.82, 2.24) is 34.6 Å². The van der Waals surface area contributed by atoms with Gasteiger partial charge in [-0.2, -0.15) is 0 Å². The Kier molecular flexibility index (Phi) is 4.62. The molecule has 34 heavy (non-hydrogen) atoms. The maximum Gasteiger partial charge on any atom is 0.234 e. The fourth-order valence-electron chi connectivity index (χ4n) is 5.84. The molecule has 3 aliphatic carbocycles. The van der Waals surface area contributed by atoms with E-state index in [4.69, 9.17) is 4.98 Å². The molecule has 4 fully saturated rings. The van der Waals surface area contributed by atoms with Gasteiger partial charge in [0, 0.05) is 30.2 Å². The molecule has 4 heterocycles. The maximum absolute atomic E-state index is 13.7. The summed E-state index contributed by atoms with van der Waals surface area (Å²) in [7, 11) is 0. The number of imidazole rings is 1. The van der Waals surface area contributed by atoms with Gasteiger partial charge in [0.15, 0.2) is 5.82 Å². The lowest BCUT2D eigenvalue weighted by Gasteiger charge is -2.45. The van der Waals surface area contributed by atoms with Crippen LogP contribution in [0.5, 0.6) is 0 Å². The minimum Gasteiger partial charge on any atom is -0.334 e. The Morgan fingerprint density at radius 3 is 2.79 bits per heavy atom. The van der Waals surface area contributed by atoms with E-state index in [1.807, 2.05) is 24.5 Å². The molecule has 9 heteroatoms. The van der Waals surface area contributed by atoms with Crippen LogP contribution in [-0.2, 0) is 4.79 Å². The van der Waals surface area contributed by atoms with E-state index in [0.717, 1.165) is 37.2 Å². The molecular weight excluding hydrogens is 428 g/mol. The molecule has 1 saturated heterocycles. The molecule has 4 unspecified atom stereocenters. The quantitative estimate of drug-likeness (QED) is 0.631. The van der Waals surface area contributed by atoms with Crippen LogP contribution in [-0.4, -0.2) is 47.9 Å². The third-order valence-corrected chi connectivity index (χ3v) is 8.11. The second kappa shape index (κ2) is 7.73. The first-order chi connectivity index (χ1) is 16.7. The molecule has 4 atom stereocenters. The molecule has 7 rings (SSSR count). The van der Waals surface area contributed by atoms with E-state index in [1.54, 1.807) is 11.2 Å². The summed E-state index contributed by atoms with van der Waals surface area (Å²) in [6.07, 6.45) is 12.6. The van der Waals surface area contributed by atoms with Gasteiger partial charge >= 0.3 is 0 Å². The number of carbonyl (C=O) groups excluding carboxylic acids is 1. The number of rotatable bonds is 5. The van der Waals surface area contributed by atoms with Crippen molar-refractivity contribution >= 4 is 11.7 Å². The molecule has 0 radical (unpaired) electrons. The molecule has 1 N–H and O–H groups in total. The van der Waals surface area contributed by atoms with Crippen molar-refractivity contribution < 1.29 is 4.79 Å². The zero-order chi connectivity index (χ0) is 22.8. The molecular formula is C25H30N8O. The van der Waals surface area contributed by atoms with Crippen molar-refractivity contribution in [3.63, 3.8) is 0 Å². The van der Waals surface area contributed by atoms with Crippen molar-refractivity contribution in [2.24, 2.45) is 11.8 Å². The monoisotopic (exact) mass is 458 g/mol. The Bertz CT molecular complexity index is 1220. The molecule has 4 aliphatic rings. The van der Waals surface area contributed by atoms with Gasteiger partial charge in [-0.25, -0.2) is 9.97 Å². The standard InChI is InChI=1S/C25H30N8O/c1-15-9-20-18(10-22(15)31-11-21(26-12-31)16-5-6-16)25(34)33(13-27-20)23-4-2-3-19(29-23)24-30-28-14-32(24)17-7-8-17/h2-4,11-12,14-18,20,22,27H,5-10,13H2,1H3. The minimum atomic E-state index is -0.0673. The first-order valence-corrected chi connectivity index (χ1v) is 12.6. The molecule has 1 aliphatic heterocycles. The molecule has 3 aromatic heterocycles. The summed E-state index contributed by atoms with van der Waals surface area (Å²) < 4.78 is 4.37. The van der Waals surface area contributed by atoms with Gasteiger partial charge in [-0.3, -0.25) is 15.0 Å². The number of anilines is 1. The largest absolute Gasteiger partial charge is 0.334 e. The number of fused-ring (bicyclic) bond motifs is 1. The molecule has 0 spiro atoms. The third-order valence-electron chi connectivity index (χ3n) is 8.11. The average Bonchev–Trinajstić information content (AvgIpc) is 3.78. The van der Waals surface area contributed by atoms with Crippen LogP contribution in [0, 0.1) is 11.8 Å². The highest BCUT2D eigenvalue weighted by Gasteiger charge is 2.44. The zero-order valence-electron chi connectivity index (χ0n) is 19.4. The Hall–Kier alpha value is -3.07. The van der Waals surface area contributed by atoms with Gasteiger partial charge in [-0.1, -0.05) is 13.0 Å². The van der Waals surface area contributed by atoms with E-state index < -0.39 is 0 Å². The number of hydrogen-bond donors (Lipinski definition) is 1. The lowest BCUT2D eigenvalue weighted by Crippen LogP contribution is -2.60. The predicted molar refractivity (Wildman–Crippen MR) is 126 cm³/mol. The predicted octanol–water partition coefficient (Wildman–Crippen LogP) is 3.30. The SMILES string of the molecule is CC1CC2NCN(c3cccc(-c4nncn4C4CC4)n3)C(=O)C2CC1n1cnc(C2CC2)c1. The van der Waals surface area contributed by atoms with Crippen LogP contribution < -0.4 is 10.2 Å². The van der Waals surface area contributed by atoms with E-state index in [2.05, 4.69) is 42.8 Å². The highest BCUT2D eigenvalue weighted by molar-refractivity contribution is 5.95. The van der Waals surface area contributed by atoms with E-state index in [-0.39, 0.29) is 17.9 Å². The molecule has 0 aromatic carbocycles. The maximum atomic E-state index is 13.7. The van der Waals surface area contributed by atoms with Gasteiger partial charge in [0.2, 0.25) is 5.91 Å². The molecule has 9 nitrogen and oxygen atoms in total. The van der Waals surface area contributed by atoms with Crippen LogP contribution >= 0.6 is 0 Å². The van der Waals surface area contributed by atoms with Crippen molar-refractivity contribution in [3.8, 4) is 11.5 Å². The fourth-order valence-corrected chi connectivity index (χ4v) is 5.84. The number of nitrogens with one attached hydrogen (secondary N) is 1.